The van der Waals surface area contributed by atoms with Crippen molar-refractivity contribution in [1.29, 1.82) is 0 Å². The van der Waals surface area contributed by atoms with Crippen molar-refractivity contribution >= 4 is 0 Å². The Morgan fingerprint density at radius 2 is 1.35 bits per heavy atom. The molecule has 138 valence electrons. The fourth-order valence-corrected chi connectivity index (χ4v) is 11.9. The Hall–Kier alpha value is -0.860. The summed E-state index contributed by atoms with van der Waals surface area (Å²) >= 11 is 0. The van der Waals surface area contributed by atoms with Gasteiger partial charge in [-0.1, -0.05) is 31.1 Å². The molecule has 0 aromatic carbocycles. The minimum absolute atomic E-state index is 0.0657. The topological polar surface area (TPSA) is 29.5 Å². The highest BCUT2D eigenvalue weighted by atomic mass is 16.7. The van der Waals surface area contributed by atoms with E-state index in [1.165, 1.54) is 25.7 Å². The van der Waals surface area contributed by atoms with Gasteiger partial charge >= 0.3 is 0 Å². The molecule has 2 aliphatic heterocycles. The molecule has 0 radical (unpaired) electrons. The number of allylic oxidation sites excluding steroid dienone is 2. The Morgan fingerprint density at radius 3 is 2.00 bits per heavy atom. The predicted molar refractivity (Wildman–Crippen MR) is 99.9 cm³/mol. The minimum Gasteiger partial charge on any atom is -0.365 e. The summed E-state index contributed by atoms with van der Waals surface area (Å²) in [7, 11) is 0. The molecule has 4 bridgehead atoms. The summed E-state index contributed by atoms with van der Waals surface area (Å²) in [6.07, 6.45) is 14.6. The Balaban J connectivity index is 1.57. The predicted octanol–water partition coefficient (Wildman–Crippen LogP) is 4.47. The largest absolute Gasteiger partial charge is 0.365 e. The second-order valence-electron chi connectivity index (χ2n) is 10.7. The van der Waals surface area contributed by atoms with Gasteiger partial charge in [0.25, 0.3) is 0 Å². The first-order valence-electron chi connectivity index (χ1n) is 10.8. The minimum atomic E-state index is -0.926. The van der Waals surface area contributed by atoms with Crippen LogP contribution in [0.3, 0.4) is 0 Å². The second kappa shape index (κ2) is 3.82. The van der Waals surface area contributed by atoms with Crippen molar-refractivity contribution < 1.29 is 9.84 Å². The molecular formula is C24H30O2. The zero-order valence-electron chi connectivity index (χ0n) is 15.6. The van der Waals surface area contributed by atoms with Gasteiger partial charge in [-0.25, -0.2) is 0 Å². The molecule has 1 spiro atoms. The monoisotopic (exact) mass is 350 g/mol. The van der Waals surface area contributed by atoms with Crippen molar-refractivity contribution in [3.8, 4) is 0 Å². The molecule has 26 heavy (non-hydrogen) atoms. The van der Waals surface area contributed by atoms with Gasteiger partial charge in [0.15, 0.2) is 5.79 Å². The van der Waals surface area contributed by atoms with Gasteiger partial charge in [-0.05, 0) is 61.2 Å². The van der Waals surface area contributed by atoms with E-state index in [4.69, 9.17) is 4.74 Å². The Bertz CT molecular complexity index is 779. The average molecular weight is 351 g/mol. The first-order valence-corrected chi connectivity index (χ1v) is 10.8. The van der Waals surface area contributed by atoms with Crippen molar-refractivity contribution in [2.45, 2.75) is 56.3 Å². The number of aliphatic hydroxyl groups is 1. The van der Waals surface area contributed by atoms with E-state index in [-0.39, 0.29) is 16.4 Å². The molecule has 0 aromatic heterocycles. The molecule has 0 amide bonds. The van der Waals surface area contributed by atoms with E-state index in [9.17, 15) is 5.11 Å². The summed E-state index contributed by atoms with van der Waals surface area (Å²) < 4.78 is 6.89. The number of ether oxygens (including phenoxy) is 1. The highest BCUT2D eigenvalue weighted by Gasteiger charge is 3.09. The Kier molecular flexibility index (Phi) is 2.22. The maximum Gasteiger partial charge on any atom is 0.176 e. The van der Waals surface area contributed by atoms with E-state index in [0.29, 0.717) is 29.1 Å². The summed E-state index contributed by atoms with van der Waals surface area (Å²) in [6.45, 7) is 12.4. The molecule has 8 rings (SSSR count). The highest BCUT2D eigenvalue weighted by Crippen LogP contribution is 3.05. The van der Waals surface area contributed by atoms with Crippen molar-refractivity contribution in [2.75, 3.05) is 0 Å². The lowest BCUT2D eigenvalue weighted by Gasteiger charge is -2.66. The van der Waals surface area contributed by atoms with Gasteiger partial charge < -0.3 is 9.84 Å². The maximum atomic E-state index is 12.2. The normalized spacial score (nSPS) is 65.4. The fraction of sp³-hybridized carbons (Fsp3) is 0.750. The van der Waals surface area contributed by atoms with Gasteiger partial charge in [0.05, 0.1) is 5.60 Å². The van der Waals surface area contributed by atoms with Crippen LogP contribution in [0, 0.1) is 51.8 Å². The summed E-state index contributed by atoms with van der Waals surface area (Å²) in [5, 5.41) is 12.2. The molecular weight excluding hydrogens is 320 g/mol. The summed E-state index contributed by atoms with van der Waals surface area (Å²) in [5.41, 5.74) is 0.266. The van der Waals surface area contributed by atoms with Crippen LogP contribution < -0.4 is 0 Å². The zero-order valence-corrected chi connectivity index (χ0v) is 15.6. The molecule has 2 heteroatoms. The lowest BCUT2D eigenvalue weighted by molar-refractivity contribution is -0.266. The molecule has 2 heterocycles. The van der Waals surface area contributed by atoms with Crippen LogP contribution in [0.1, 0.15) is 44.9 Å². The zero-order chi connectivity index (χ0) is 17.7. The van der Waals surface area contributed by atoms with Crippen LogP contribution in [0.4, 0.5) is 0 Å². The van der Waals surface area contributed by atoms with Crippen LogP contribution in [-0.4, -0.2) is 16.5 Å². The standard InChI is InChI=1S/C24H30O2/c1-4-9-21-16-14-18-19-15(20(14)12-7-8-13-20)17(16)22(21,10-5-2)24(19,25)26-23(18,21)11-6-3/h4-6,14-19,25H,1-3,7-13H2/t14?,15?,16?,17?,18?,19?,21-,22+,23-,24+/m0/s1. The van der Waals surface area contributed by atoms with Crippen molar-refractivity contribution in [2.24, 2.45) is 51.8 Å². The van der Waals surface area contributed by atoms with E-state index in [1.54, 1.807) is 0 Å². The van der Waals surface area contributed by atoms with E-state index in [0.717, 1.165) is 31.1 Å². The third-order valence-electron chi connectivity index (χ3n) is 11.2. The smallest absolute Gasteiger partial charge is 0.176 e. The molecule has 6 unspecified atom stereocenters. The Morgan fingerprint density at radius 1 is 0.769 bits per heavy atom. The van der Waals surface area contributed by atoms with Crippen LogP contribution in [0.25, 0.3) is 0 Å². The molecule has 6 aliphatic carbocycles. The maximum absolute atomic E-state index is 12.2. The first-order chi connectivity index (χ1) is 12.6. The Labute approximate surface area is 156 Å². The average Bonchev–Trinajstić information content (AvgIpc) is 3.36. The van der Waals surface area contributed by atoms with Gasteiger partial charge in [0, 0.05) is 22.7 Å². The van der Waals surface area contributed by atoms with Crippen LogP contribution in [0.5, 0.6) is 0 Å². The molecule has 1 N–H and O–H groups in total. The van der Waals surface area contributed by atoms with Crippen LogP contribution in [0.15, 0.2) is 38.0 Å². The second-order valence-corrected chi connectivity index (χ2v) is 10.7. The van der Waals surface area contributed by atoms with Crippen LogP contribution in [-0.2, 0) is 4.74 Å². The van der Waals surface area contributed by atoms with E-state index >= 15 is 0 Å². The molecule has 2 saturated heterocycles. The first kappa shape index (κ1) is 15.1. The fourth-order valence-electron chi connectivity index (χ4n) is 11.9. The molecule has 0 aromatic rings. The molecule has 2 nitrogen and oxygen atoms in total. The van der Waals surface area contributed by atoms with Gasteiger partial charge in [0.1, 0.15) is 0 Å². The number of rotatable bonds is 6. The molecule has 8 aliphatic rings. The van der Waals surface area contributed by atoms with Gasteiger partial charge in [-0.3, -0.25) is 0 Å². The number of hydrogen-bond acceptors (Lipinski definition) is 2. The van der Waals surface area contributed by atoms with Crippen molar-refractivity contribution in [1.82, 2.24) is 0 Å². The van der Waals surface area contributed by atoms with Crippen molar-refractivity contribution in [3.05, 3.63) is 38.0 Å². The lowest BCUT2D eigenvalue weighted by Crippen LogP contribution is -2.69. The molecule has 6 saturated carbocycles. The van der Waals surface area contributed by atoms with Gasteiger partial charge in [-0.15, -0.1) is 19.7 Å². The molecule has 10 atom stereocenters. The molecule has 8 fully saturated rings. The summed E-state index contributed by atoms with van der Waals surface area (Å²) in [5.74, 6) is 2.86. The SMILES string of the molecule is C=CC[C@]12C3C4C5C6C(C3[C@@]1(CC=C)[C@]6(O)O[C@@]52CC=C)C41CCCC1. The third-order valence-corrected chi connectivity index (χ3v) is 11.2. The third kappa shape index (κ3) is 0.886. The van der Waals surface area contributed by atoms with Gasteiger partial charge in [-0.2, -0.15) is 0 Å². The van der Waals surface area contributed by atoms with E-state index < -0.39 is 5.79 Å². The number of hydrogen-bond donors (Lipinski definition) is 1. The van der Waals surface area contributed by atoms with E-state index in [2.05, 4.69) is 38.0 Å². The quantitative estimate of drug-likeness (QED) is 0.716. The summed E-state index contributed by atoms with van der Waals surface area (Å²) in [6, 6.07) is 0. The summed E-state index contributed by atoms with van der Waals surface area (Å²) in [4.78, 5) is 0. The van der Waals surface area contributed by atoms with Crippen LogP contribution >= 0.6 is 0 Å². The lowest BCUT2D eigenvalue weighted by atomic mass is 9.35. The van der Waals surface area contributed by atoms with E-state index in [1.807, 2.05) is 0 Å². The van der Waals surface area contributed by atoms with Gasteiger partial charge in [0.2, 0.25) is 0 Å². The van der Waals surface area contributed by atoms with Crippen molar-refractivity contribution in [3.63, 3.8) is 0 Å². The highest BCUT2D eigenvalue weighted by molar-refractivity contribution is 5.54. The van der Waals surface area contributed by atoms with Crippen LogP contribution in [0.2, 0.25) is 0 Å².